The number of thioether (sulfide) groups is 1. The molecule has 0 spiro atoms. The minimum Gasteiger partial charge on any atom is -0.126 e. The molecule has 0 radical (unpaired) electrons. The SMILES string of the molecule is CC(C)(C)C(CCl)CC1Cc2ccccc2S1. The van der Waals surface area contributed by atoms with Crippen LogP contribution >= 0.6 is 23.4 Å². The van der Waals surface area contributed by atoms with Gasteiger partial charge in [0.1, 0.15) is 0 Å². The van der Waals surface area contributed by atoms with Crippen molar-refractivity contribution in [1.29, 1.82) is 0 Å². The molecule has 0 N–H and O–H groups in total. The molecule has 0 bridgehead atoms. The molecule has 0 saturated carbocycles. The maximum Gasteiger partial charge on any atom is 0.0257 e. The Morgan fingerprint density at radius 1 is 1.35 bits per heavy atom. The van der Waals surface area contributed by atoms with Crippen LogP contribution < -0.4 is 0 Å². The number of rotatable bonds is 3. The molecule has 1 aliphatic heterocycles. The number of fused-ring (bicyclic) bond motifs is 1. The molecule has 1 aromatic carbocycles. The fourth-order valence-corrected chi connectivity index (χ4v) is 4.35. The molecule has 0 nitrogen and oxygen atoms in total. The zero-order valence-corrected chi connectivity index (χ0v) is 12.4. The Morgan fingerprint density at radius 2 is 2.06 bits per heavy atom. The van der Waals surface area contributed by atoms with Gasteiger partial charge in [-0.3, -0.25) is 0 Å². The van der Waals surface area contributed by atoms with E-state index < -0.39 is 0 Å². The molecule has 1 aromatic rings. The summed E-state index contributed by atoms with van der Waals surface area (Å²) in [5.74, 6) is 1.38. The van der Waals surface area contributed by atoms with E-state index in [2.05, 4.69) is 45.0 Å². The van der Waals surface area contributed by atoms with Crippen LogP contribution in [0.25, 0.3) is 0 Å². The predicted octanol–water partition coefficient (Wildman–Crippen LogP) is 4.99. The Balaban J connectivity index is 2.00. The molecule has 17 heavy (non-hydrogen) atoms. The number of hydrogen-bond acceptors (Lipinski definition) is 1. The van der Waals surface area contributed by atoms with Gasteiger partial charge in [0, 0.05) is 16.0 Å². The van der Waals surface area contributed by atoms with E-state index in [1.165, 1.54) is 23.3 Å². The van der Waals surface area contributed by atoms with E-state index in [1.807, 2.05) is 11.8 Å². The number of halogens is 1. The largest absolute Gasteiger partial charge is 0.126 e. The molecule has 1 aliphatic rings. The van der Waals surface area contributed by atoms with Crippen molar-refractivity contribution >= 4 is 23.4 Å². The van der Waals surface area contributed by atoms with Crippen molar-refractivity contribution < 1.29 is 0 Å². The zero-order chi connectivity index (χ0) is 12.5. The van der Waals surface area contributed by atoms with Gasteiger partial charge in [-0.2, -0.15) is 0 Å². The Bertz CT molecular complexity index is 356. The molecule has 2 unspecified atom stereocenters. The highest BCUT2D eigenvalue weighted by molar-refractivity contribution is 8.00. The average Bonchev–Trinajstić information content (AvgIpc) is 2.66. The third-order valence-electron chi connectivity index (χ3n) is 3.67. The van der Waals surface area contributed by atoms with Crippen molar-refractivity contribution in [2.24, 2.45) is 11.3 Å². The summed E-state index contributed by atoms with van der Waals surface area (Å²) in [6.07, 6.45) is 2.44. The molecular formula is C15H21ClS. The van der Waals surface area contributed by atoms with Crippen LogP contribution in [0.2, 0.25) is 0 Å². The van der Waals surface area contributed by atoms with Crippen molar-refractivity contribution in [3.05, 3.63) is 29.8 Å². The van der Waals surface area contributed by atoms with Crippen LogP contribution in [0, 0.1) is 11.3 Å². The van der Waals surface area contributed by atoms with Gasteiger partial charge in [-0.15, -0.1) is 23.4 Å². The van der Waals surface area contributed by atoms with Crippen LogP contribution in [0.3, 0.4) is 0 Å². The normalized spacial score (nSPS) is 21.3. The van der Waals surface area contributed by atoms with Gasteiger partial charge in [0.15, 0.2) is 0 Å². The Kier molecular flexibility index (Phi) is 4.10. The number of hydrogen-bond donors (Lipinski definition) is 0. The number of alkyl halides is 1. The highest BCUT2D eigenvalue weighted by Gasteiger charge is 2.30. The molecule has 2 atom stereocenters. The van der Waals surface area contributed by atoms with Crippen LogP contribution in [-0.4, -0.2) is 11.1 Å². The second-order valence-electron chi connectivity index (χ2n) is 6.00. The van der Waals surface area contributed by atoms with E-state index in [9.17, 15) is 0 Å². The van der Waals surface area contributed by atoms with E-state index in [4.69, 9.17) is 11.6 Å². The highest BCUT2D eigenvalue weighted by atomic mass is 35.5. The van der Waals surface area contributed by atoms with Crippen LogP contribution in [-0.2, 0) is 6.42 Å². The molecule has 0 fully saturated rings. The van der Waals surface area contributed by atoms with Gasteiger partial charge in [-0.25, -0.2) is 0 Å². The summed E-state index contributed by atoms with van der Waals surface area (Å²) >= 11 is 8.17. The second-order valence-corrected chi connectivity index (χ2v) is 7.66. The van der Waals surface area contributed by atoms with Crippen molar-refractivity contribution in [3.8, 4) is 0 Å². The number of benzene rings is 1. The van der Waals surface area contributed by atoms with E-state index in [0.717, 1.165) is 11.1 Å². The smallest absolute Gasteiger partial charge is 0.0257 e. The zero-order valence-electron chi connectivity index (χ0n) is 10.9. The minimum atomic E-state index is 0.317. The molecule has 0 aliphatic carbocycles. The van der Waals surface area contributed by atoms with E-state index >= 15 is 0 Å². The molecule has 0 amide bonds. The van der Waals surface area contributed by atoms with Crippen molar-refractivity contribution in [2.75, 3.05) is 5.88 Å². The molecule has 0 saturated heterocycles. The van der Waals surface area contributed by atoms with E-state index in [1.54, 1.807) is 0 Å². The first kappa shape index (κ1) is 13.3. The molecule has 1 heterocycles. The van der Waals surface area contributed by atoms with Crippen molar-refractivity contribution in [2.45, 2.75) is 43.8 Å². The summed E-state index contributed by atoms with van der Waals surface area (Å²) in [5, 5.41) is 0.718. The van der Waals surface area contributed by atoms with Gasteiger partial charge in [0.05, 0.1) is 0 Å². The summed E-state index contributed by atoms with van der Waals surface area (Å²) in [7, 11) is 0. The first-order valence-electron chi connectivity index (χ1n) is 6.31. The highest BCUT2D eigenvalue weighted by Crippen LogP contribution is 2.42. The van der Waals surface area contributed by atoms with Crippen LogP contribution in [0.4, 0.5) is 0 Å². The molecular weight excluding hydrogens is 248 g/mol. The lowest BCUT2D eigenvalue weighted by molar-refractivity contribution is 0.249. The van der Waals surface area contributed by atoms with E-state index in [0.29, 0.717) is 11.3 Å². The van der Waals surface area contributed by atoms with Gasteiger partial charge in [-0.1, -0.05) is 39.0 Å². The summed E-state index contributed by atoms with van der Waals surface area (Å²) in [6.45, 7) is 6.90. The van der Waals surface area contributed by atoms with Gasteiger partial charge in [0.25, 0.3) is 0 Å². The van der Waals surface area contributed by atoms with Gasteiger partial charge >= 0.3 is 0 Å². The Labute approximate surface area is 114 Å². The Hall–Kier alpha value is -0.140. The predicted molar refractivity (Wildman–Crippen MR) is 78.1 cm³/mol. The molecule has 94 valence electrons. The summed E-state index contributed by atoms with van der Waals surface area (Å²) in [6, 6.07) is 8.78. The van der Waals surface area contributed by atoms with Crippen LogP contribution in [0.5, 0.6) is 0 Å². The van der Waals surface area contributed by atoms with Gasteiger partial charge < -0.3 is 0 Å². The molecule has 2 rings (SSSR count). The summed E-state index contributed by atoms with van der Waals surface area (Å²) < 4.78 is 0. The lowest BCUT2D eigenvalue weighted by Gasteiger charge is -2.30. The van der Waals surface area contributed by atoms with Crippen molar-refractivity contribution in [3.63, 3.8) is 0 Å². The Morgan fingerprint density at radius 3 is 2.65 bits per heavy atom. The third kappa shape index (κ3) is 3.20. The first-order valence-corrected chi connectivity index (χ1v) is 7.72. The monoisotopic (exact) mass is 268 g/mol. The van der Waals surface area contributed by atoms with E-state index in [-0.39, 0.29) is 0 Å². The maximum absolute atomic E-state index is 6.13. The quantitative estimate of drug-likeness (QED) is 0.696. The maximum atomic E-state index is 6.13. The van der Waals surface area contributed by atoms with Gasteiger partial charge in [-0.05, 0) is 35.8 Å². The third-order valence-corrected chi connectivity index (χ3v) is 5.39. The first-order chi connectivity index (χ1) is 8.00. The summed E-state index contributed by atoms with van der Waals surface area (Å²) in [5.41, 5.74) is 1.83. The fraction of sp³-hybridized carbons (Fsp3) is 0.600. The summed E-state index contributed by atoms with van der Waals surface area (Å²) in [4.78, 5) is 1.47. The minimum absolute atomic E-state index is 0.317. The van der Waals surface area contributed by atoms with Gasteiger partial charge in [0.2, 0.25) is 0 Å². The fourth-order valence-electron chi connectivity index (χ4n) is 2.35. The topological polar surface area (TPSA) is 0 Å². The standard InChI is InChI=1S/C15H21ClS/c1-15(2,3)12(10-16)9-13-8-11-6-4-5-7-14(11)17-13/h4-7,12-13H,8-10H2,1-3H3. The second kappa shape index (κ2) is 5.24. The molecule has 2 heteroatoms. The molecule has 0 aromatic heterocycles. The van der Waals surface area contributed by atoms with Crippen LogP contribution in [0.1, 0.15) is 32.8 Å². The lowest BCUT2D eigenvalue weighted by atomic mass is 9.79. The van der Waals surface area contributed by atoms with Crippen molar-refractivity contribution in [1.82, 2.24) is 0 Å². The average molecular weight is 269 g/mol. The lowest BCUT2D eigenvalue weighted by Crippen LogP contribution is -2.25. The van der Waals surface area contributed by atoms with Crippen LogP contribution in [0.15, 0.2) is 29.2 Å².